The molecule has 0 fully saturated rings. The molecule has 0 saturated carbocycles. The van der Waals surface area contributed by atoms with E-state index in [0.29, 0.717) is 18.0 Å². The first-order valence-corrected chi connectivity index (χ1v) is 8.03. The van der Waals surface area contributed by atoms with Crippen LogP contribution < -0.4 is 20.1 Å². The van der Waals surface area contributed by atoms with Crippen molar-refractivity contribution in [3.8, 4) is 11.5 Å². The van der Waals surface area contributed by atoms with Gasteiger partial charge in [-0.3, -0.25) is 4.79 Å². The maximum atomic E-state index is 13.0. The third-order valence-corrected chi connectivity index (χ3v) is 4.45. The largest absolute Gasteiger partial charge is 0.496 e. The molecule has 2 aromatic carbocycles. The van der Waals surface area contributed by atoms with Gasteiger partial charge < -0.3 is 20.1 Å². The van der Waals surface area contributed by atoms with Crippen LogP contribution in [0.1, 0.15) is 17.5 Å². The number of carbonyl (C=O) groups is 1. The monoisotopic (exact) mass is 362 g/mol. The minimum absolute atomic E-state index is 0. The van der Waals surface area contributed by atoms with E-state index < -0.39 is 0 Å². The van der Waals surface area contributed by atoms with Gasteiger partial charge in [0.05, 0.1) is 20.6 Å². The van der Waals surface area contributed by atoms with E-state index in [1.165, 1.54) is 0 Å². The molecule has 1 aliphatic rings. The van der Waals surface area contributed by atoms with E-state index in [1.807, 2.05) is 41.3 Å². The molecule has 0 aliphatic carbocycles. The molecular weight excluding hydrogens is 340 g/mol. The Morgan fingerprint density at radius 2 is 1.76 bits per heavy atom. The fourth-order valence-electron chi connectivity index (χ4n) is 3.26. The van der Waals surface area contributed by atoms with Crippen molar-refractivity contribution in [1.82, 2.24) is 0 Å². The summed E-state index contributed by atoms with van der Waals surface area (Å²) in [7, 11) is 3.19. The lowest BCUT2D eigenvalue weighted by Gasteiger charge is -2.30. The Balaban J connectivity index is 0.00000225. The number of hydrogen-bond donors (Lipinski definition) is 1. The number of hydrogen-bond acceptors (Lipinski definition) is 4. The number of benzene rings is 2. The van der Waals surface area contributed by atoms with Crippen LogP contribution in [0.2, 0.25) is 0 Å². The molecule has 6 heteroatoms. The Labute approximate surface area is 154 Å². The van der Waals surface area contributed by atoms with Crippen molar-refractivity contribution in [2.24, 2.45) is 0 Å². The van der Waals surface area contributed by atoms with Crippen molar-refractivity contribution in [3.63, 3.8) is 0 Å². The molecule has 3 rings (SSSR count). The van der Waals surface area contributed by atoms with Crippen LogP contribution in [0.3, 0.4) is 0 Å². The quantitative estimate of drug-likeness (QED) is 0.848. The highest BCUT2D eigenvalue weighted by Gasteiger charge is 2.25. The van der Waals surface area contributed by atoms with Crippen molar-refractivity contribution in [3.05, 3.63) is 47.5 Å². The van der Waals surface area contributed by atoms with Crippen molar-refractivity contribution in [2.75, 3.05) is 31.4 Å². The van der Waals surface area contributed by atoms with Gasteiger partial charge >= 0.3 is 0 Å². The van der Waals surface area contributed by atoms with Gasteiger partial charge in [0.1, 0.15) is 11.5 Å². The average Bonchev–Trinajstić information content (AvgIpc) is 2.61. The number of rotatable bonds is 4. The second-order valence-electron chi connectivity index (χ2n) is 5.81. The zero-order valence-electron chi connectivity index (χ0n) is 14.5. The molecule has 5 nitrogen and oxygen atoms in total. The number of nitrogen functional groups attached to an aromatic ring is 1. The first-order chi connectivity index (χ1) is 11.7. The lowest BCUT2D eigenvalue weighted by Crippen LogP contribution is -2.36. The number of halogens is 1. The van der Waals surface area contributed by atoms with E-state index in [4.69, 9.17) is 15.2 Å². The molecule has 2 N–H and O–H groups in total. The molecule has 2 aromatic rings. The fraction of sp³-hybridized carbons (Fsp3) is 0.316. The Hall–Kier alpha value is -2.40. The standard InChI is InChI=1S/C19H22N2O3.ClH/c1-23-17-9-4-10-18(24-2)14(17)12-19(22)21-11-5-6-13-15(20)7-3-8-16(13)21;/h3-4,7-10H,5-6,11-12,20H2,1-2H3;1H. The smallest absolute Gasteiger partial charge is 0.231 e. The van der Waals surface area contributed by atoms with Crippen LogP contribution >= 0.6 is 12.4 Å². The van der Waals surface area contributed by atoms with Gasteiger partial charge in [-0.05, 0) is 42.7 Å². The minimum atomic E-state index is 0. The van der Waals surface area contributed by atoms with E-state index in [1.54, 1.807) is 14.2 Å². The third-order valence-electron chi connectivity index (χ3n) is 4.45. The predicted octanol–water partition coefficient (Wildman–Crippen LogP) is 3.23. The van der Waals surface area contributed by atoms with Gasteiger partial charge in [0, 0.05) is 23.5 Å². The van der Waals surface area contributed by atoms with Gasteiger partial charge in [-0.2, -0.15) is 0 Å². The van der Waals surface area contributed by atoms with Gasteiger partial charge in [-0.1, -0.05) is 12.1 Å². The first-order valence-electron chi connectivity index (χ1n) is 8.03. The van der Waals surface area contributed by atoms with Crippen LogP contribution in [0.15, 0.2) is 36.4 Å². The molecule has 1 aliphatic heterocycles. The molecule has 0 radical (unpaired) electrons. The van der Waals surface area contributed by atoms with Crippen LogP contribution in [0.4, 0.5) is 11.4 Å². The highest BCUT2D eigenvalue weighted by Crippen LogP contribution is 2.33. The van der Waals surface area contributed by atoms with Crippen LogP contribution in [0.5, 0.6) is 11.5 Å². The van der Waals surface area contributed by atoms with E-state index in [2.05, 4.69) is 0 Å². The van der Waals surface area contributed by atoms with Gasteiger partial charge in [-0.15, -0.1) is 12.4 Å². The zero-order chi connectivity index (χ0) is 17.1. The summed E-state index contributed by atoms with van der Waals surface area (Å²) in [6.45, 7) is 0.701. The topological polar surface area (TPSA) is 64.8 Å². The molecule has 0 atom stereocenters. The second-order valence-corrected chi connectivity index (χ2v) is 5.81. The molecule has 0 unspecified atom stereocenters. The van der Waals surface area contributed by atoms with Crippen LogP contribution in [0.25, 0.3) is 0 Å². The van der Waals surface area contributed by atoms with Crippen LogP contribution in [-0.4, -0.2) is 26.7 Å². The SMILES string of the molecule is COc1cccc(OC)c1CC(=O)N1CCCc2c(N)cccc21.Cl. The highest BCUT2D eigenvalue weighted by atomic mass is 35.5. The summed E-state index contributed by atoms with van der Waals surface area (Å²) in [5.41, 5.74) is 9.56. The van der Waals surface area contributed by atoms with Crippen molar-refractivity contribution >= 4 is 29.7 Å². The van der Waals surface area contributed by atoms with Crippen LogP contribution in [-0.2, 0) is 17.6 Å². The summed E-state index contributed by atoms with van der Waals surface area (Å²) in [6.07, 6.45) is 2.04. The first kappa shape index (κ1) is 18.9. The van der Waals surface area contributed by atoms with E-state index in [0.717, 1.165) is 35.3 Å². The maximum Gasteiger partial charge on any atom is 0.231 e. The predicted molar refractivity (Wildman–Crippen MR) is 102 cm³/mol. The molecule has 25 heavy (non-hydrogen) atoms. The number of ether oxygens (including phenoxy) is 2. The summed E-state index contributed by atoms with van der Waals surface area (Å²) in [5, 5.41) is 0. The van der Waals surface area contributed by atoms with E-state index in [9.17, 15) is 4.79 Å². The Morgan fingerprint density at radius 1 is 1.12 bits per heavy atom. The van der Waals surface area contributed by atoms with Crippen LogP contribution in [0, 0.1) is 0 Å². The van der Waals surface area contributed by atoms with E-state index in [-0.39, 0.29) is 24.7 Å². The molecule has 0 spiro atoms. The lowest BCUT2D eigenvalue weighted by atomic mass is 9.99. The number of fused-ring (bicyclic) bond motifs is 1. The van der Waals surface area contributed by atoms with Crippen molar-refractivity contribution in [1.29, 1.82) is 0 Å². The summed E-state index contributed by atoms with van der Waals surface area (Å²) < 4.78 is 10.8. The number of methoxy groups -OCH3 is 2. The molecule has 1 heterocycles. The number of anilines is 2. The zero-order valence-corrected chi connectivity index (χ0v) is 15.3. The highest BCUT2D eigenvalue weighted by molar-refractivity contribution is 5.97. The summed E-state index contributed by atoms with van der Waals surface area (Å²) >= 11 is 0. The lowest BCUT2D eigenvalue weighted by molar-refractivity contribution is -0.118. The summed E-state index contributed by atoms with van der Waals surface area (Å²) in [5.74, 6) is 1.34. The Morgan fingerprint density at radius 3 is 2.40 bits per heavy atom. The van der Waals surface area contributed by atoms with Crippen molar-refractivity contribution in [2.45, 2.75) is 19.3 Å². The molecule has 0 aromatic heterocycles. The number of amides is 1. The third kappa shape index (κ3) is 3.66. The van der Waals surface area contributed by atoms with Crippen molar-refractivity contribution < 1.29 is 14.3 Å². The van der Waals surface area contributed by atoms with E-state index >= 15 is 0 Å². The van der Waals surface area contributed by atoms with Gasteiger partial charge in [-0.25, -0.2) is 0 Å². The number of nitrogens with zero attached hydrogens (tertiary/aromatic N) is 1. The second kappa shape index (κ2) is 8.12. The molecule has 0 bridgehead atoms. The Kier molecular flexibility index (Phi) is 6.15. The normalized spacial score (nSPS) is 12.8. The summed E-state index contributed by atoms with van der Waals surface area (Å²) in [6, 6.07) is 11.3. The fourth-order valence-corrected chi connectivity index (χ4v) is 3.26. The number of carbonyl (C=O) groups excluding carboxylic acids is 1. The number of nitrogens with two attached hydrogens (primary N) is 1. The van der Waals surface area contributed by atoms with Gasteiger partial charge in [0.25, 0.3) is 0 Å². The molecule has 1 amide bonds. The molecular formula is C19H23ClN2O3. The summed E-state index contributed by atoms with van der Waals surface area (Å²) in [4.78, 5) is 14.8. The van der Waals surface area contributed by atoms with Gasteiger partial charge in [0.15, 0.2) is 0 Å². The molecule has 0 saturated heterocycles. The van der Waals surface area contributed by atoms with Gasteiger partial charge in [0.2, 0.25) is 5.91 Å². The molecule has 134 valence electrons. The Bertz CT molecular complexity index is 742. The minimum Gasteiger partial charge on any atom is -0.496 e. The maximum absolute atomic E-state index is 13.0. The average molecular weight is 363 g/mol.